The van der Waals surface area contributed by atoms with Crippen molar-refractivity contribution in [3.05, 3.63) is 46.4 Å². The lowest BCUT2D eigenvalue weighted by atomic mass is 10.2. The summed E-state index contributed by atoms with van der Waals surface area (Å²) in [6.45, 7) is 0.869. The summed E-state index contributed by atoms with van der Waals surface area (Å²) in [5.41, 5.74) is 3.72. The van der Waals surface area contributed by atoms with E-state index in [1.807, 2.05) is 17.3 Å². The number of nitriles is 1. The molecule has 0 bridgehead atoms. The number of rotatable bonds is 5. The van der Waals surface area contributed by atoms with E-state index >= 15 is 0 Å². The summed E-state index contributed by atoms with van der Waals surface area (Å²) in [5.74, 6) is -0.148. The lowest BCUT2D eigenvalue weighted by Gasteiger charge is -2.15. The van der Waals surface area contributed by atoms with Gasteiger partial charge < -0.3 is 5.32 Å². The van der Waals surface area contributed by atoms with Crippen molar-refractivity contribution < 1.29 is 4.79 Å². The van der Waals surface area contributed by atoms with Gasteiger partial charge in [-0.2, -0.15) is 5.26 Å². The predicted molar refractivity (Wildman–Crippen MR) is 78.2 cm³/mol. The number of nitrogens with one attached hydrogen (secondary N) is 1. The molecule has 0 aliphatic heterocycles. The van der Waals surface area contributed by atoms with E-state index in [1.54, 1.807) is 29.8 Å². The number of likely N-dealkylation sites (N-methyl/N-ethyl adjacent to an activating group) is 1. The van der Waals surface area contributed by atoms with Crippen LogP contribution in [0.2, 0.25) is 0 Å². The Balaban J connectivity index is 1.91. The van der Waals surface area contributed by atoms with Gasteiger partial charge in [-0.15, -0.1) is 11.3 Å². The van der Waals surface area contributed by atoms with Gasteiger partial charge in [-0.25, -0.2) is 4.98 Å². The quantitative estimate of drug-likeness (QED) is 0.913. The molecule has 0 saturated carbocycles. The van der Waals surface area contributed by atoms with E-state index in [9.17, 15) is 4.79 Å². The van der Waals surface area contributed by atoms with E-state index < -0.39 is 0 Å². The predicted octanol–water partition coefficient (Wildman–Crippen LogP) is 2.09. The smallest absolute Gasteiger partial charge is 0.238 e. The molecule has 1 heterocycles. The number of hydrogen-bond donors (Lipinski definition) is 1. The summed E-state index contributed by atoms with van der Waals surface area (Å²) in [7, 11) is 1.86. The van der Waals surface area contributed by atoms with Crippen LogP contribution in [0.1, 0.15) is 11.3 Å². The first-order valence-corrected chi connectivity index (χ1v) is 6.98. The topological polar surface area (TPSA) is 69.0 Å². The number of aromatic nitrogens is 1. The molecule has 0 radical (unpaired) electrons. The van der Waals surface area contributed by atoms with E-state index in [-0.39, 0.29) is 12.5 Å². The van der Waals surface area contributed by atoms with Gasteiger partial charge in [0.25, 0.3) is 0 Å². The number of anilines is 1. The lowest BCUT2D eigenvalue weighted by molar-refractivity contribution is -0.117. The highest BCUT2D eigenvalue weighted by atomic mass is 32.1. The van der Waals surface area contributed by atoms with Gasteiger partial charge in [0.2, 0.25) is 5.91 Å². The third-order valence-electron chi connectivity index (χ3n) is 2.65. The van der Waals surface area contributed by atoms with Crippen LogP contribution < -0.4 is 5.32 Å². The van der Waals surface area contributed by atoms with Crippen molar-refractivity contribution in [2.45, 2.75) is 6.54 Å². The molecule has 0 aliphatic carbocycles. The molecule has 1 N–H and O–H groups in total. The molecule has 2 aromatic rings. The van der Waals surface area contributed by atoms with Crippen molar-refractivity contribution in [2.24, 2.45) is 0 Å². The second kappa shape index (κ2) is 6.80. The van der Waals surface area contributed by atoms with Crippen molar-refractivity contribution in [2.75, 3.05) is 18.9 Å². The number of thiazole rings is 1. The first-order valence-electron chi connectivity index (χ1n) is 6.03. The Labute approximate surface area is 121 Å². The van der Waals surface area contributed by atoms with Gasteiger partial charge in [0.15, 0.2) is 0 Å². The Bertz CT molecular complexity index is 618. The molecule has 1 aromatic carbocycles. The minimum absolute atomic E-state index is 0.148. The third-order valence-corrected chi connectivity index (χ3v) is 3.29. The Morgan fingerprint density at radius 1 is 1.50 bits per heavy atom. The fraction of sp³-hybridized carbons (Fsp3) is 0.214. The summed E-state index contributed by atoms with van der Waals surface area (Å²) in [6, 6.07) is 9.00. The highest BCUT2D eigenvalue weighted by Gasteiger charge is 2.10. The largest absolute Gasteiger partial charge is 0.324 e. The van der Waals surface area contributed by atoms with Crippen LogP contribution in [0, 0.1) is 11.3 Å². The summed E-state index contributed by atoms with van der Waals surface area (Å²) in [4.78, 5) is 18.0. The molecular formula is C14H14N4OS. The monoisotopic (exact) mass is 286 g/mol. The molecule has 20 heavy (non-hydrogen) atoms. The summed E-state index contributed by atoms with van der Waals surface area (Å²) in [5, 5.41) is 13.7. The maximum Gasteiger partial charge on any atom is 0.238 e. The zero-order chi connectivity index (χ0) is 14.4. The minimum Gasteiger partial charge on any atom is -0.324 e. The molecule has 1 amide bonds. The van der Waals surface area contributed by atoms with Crippen LogP contribution in [0.3, 0.4) is 0 Å². The Morgan fingerprint density at radius 2 is 2.30 bits per heavy atom. The van der Waals surface area contributed by atoms with Gasteiger partial charge >= 0.3 is 0 Å². The maximum absolute atomic E-state index is 11.9. The number of para-hydroxylation sites is 1. The van der Waals surface area contributed by atoms with E-state index in [2.05, 4.69) is 16.4 Å². The molecule has 0 atom stereocenters. The molecule has 0 spiro atoms. The van der Waals surface area contributed by atoms with Crippen LogP contribution in [-0.2, 0) is 11.3 Å². The lowest BCUT2D eigenvalue weighted by Crippen LogP contribution is -2.30. The van der Waals surface area contributed by atoms with Crippen LogP contribution in [0.4, 0.5) is 5.69 Å². The van der Waals surface area contributed by atoms with Crippen LogP contribution in [-0.4, -0.2) is 29.4 Å². The molecule has 0 saturated heterocycles. The second-order valence-electron chi connectivity index (χ2n) is 4.36. The molecule has 0 fully saturated rings. The molecule has 1 aromatic heterocycles. The van der Waals surface area contributed by atoms with E-state index in [4.69, 9.17) is 5.26 Å². The normalized spacial score (nSPS) is 10.2. The fourth-order valence-corrected chi connectivity index (χ4v) is 2.32. The molecule has 0 aliphatic rings. The fourth-order valence-electron chi connectivity index (χ4n) is 1.77. The Hall–Kier alpha value is -2.23. The second-order valence-corrected chi connectivity index (χ2v) is 5.08. The molecule has 102 valence electrons. The summed E-state index contributed by atoms with van der Waals surface area (Å²) in [6.07, 6.45) is 0. The van der Waals surface area contributed by atoms with Crippen molar-refractivity contribution in [3.63, 3.8) is 0 Å². The number of carbonyl (C=O) groups is 1. The number of amides is 1. The zero-order valence-electron chi connectivity index (χ0n) is 11.0. The van der Waals surface area contributed by atoms with Gasteiger partial charge in [0.1, 0.15) is 6.07 Å². The average molecular weight is 286 g/mol. The average Bonchev–Trinajstić information content (AvgIpc) is 2.91. The molecule has 0 unspecified atom stereocenters. The summed E-state index contributed by atoms with van der Waals surface area (Å²) >= 11 is 1.53. The van der Waals surface area contributed by atoms with Crippen LogP contribution in [0.15, 0.2) is 35.2 Å². The van der Waals surface area contributed by atoms with Crippen LogP contribution in [0.25, 0.3) is 0 Å². The number of carbonyl (C=O) groups excluding carboxylic acids is 1. The minimum atomic E-state index is -0.148. The van der Waals surface area contributed by atoms with Gasteiger partial charge in [-0.05, 0) is 19.2 Å². The zero-order valence-corrected chi connectivity index (χ0v) is 11.9. The van der Waals surface area contributed by atoms with E-state index in [0.717, 1.165) is 5.69 Å². The number of benzene rings is 1. The SMILES string of the molecule is CN(CC(=O)Nc1ccccc1C#N)Cc1cscn1. The van der Waals surface area contributed by atoms with Crippen LogP contribution >= 0.6 is 11.3 Å². The number of nitrogens with zero attached hydrogens (tertiary/aromatic N) is 3. The van der Waals surface area contributed by atoms with Crippen molar-refractivity contribution >= 4 is 22.9 Å². The van der Waals surface area contributed by atoms with Gasteiger partial charge in [-0.3, -0.25) is 9.69 Å². The van der Waals surface area contributed by atoms with Crippen LogP contribution in [0.5, 0.6) is 0 Å². The Kier molecular flexibility index (Phi) is 4.82. The summed E-state index contributed by atoms with van der Waals surface area (Å²) < 4.78 is 0. The molecule has 6 heteroatoms. The van der Waals surface area contributed by atoms with Gasteiger partial charge in [-0.1, -0.05) is 12.1 Å². The first-order chi connectivity index (χ1) is 9.69. The van der Waals surface area contributed by atoms with Crippen molar-refractivity contribution in [1.29, 1.82) is 5.26 Å². The van der Waals surface area contributed by atoms with E-state index in [0.29, 0.717) is 17.8 Å². The van der Waals surface area contributed by atoms with E-state index in [1.165, 1.54) is 11.3 Å². The maximum atomic E-state index is 11.9. The highest BCUT2D eigenvalue weighted by molar-refractivity contribution is 7.07. The third kappa shape index (κ3) is 3.88. The highest BCUT2D eigenvalue weighted by Crippen LogP contribution is 2.13. The van der Waals surface area contributed by atoms with Crippen molar-refractivity contribution in [3.8, 4) is 6.07 Å². The molecule has 5 nitrogen and oxygen atoms in total. The number of hydrogen-bond acceptors (Lipinski definition) is 5. The molecule has 2 rings (SSSR count). The Morgan fingerprint density at radius 3 is 3.00 bits per heavy atom. The van der Waals surface area contributed by atoms with Gasteiger partial charge in [0.05, 0.1) is 29.0 Å². The standard InChI is InChI=1S/C14H14N4OS/c1-18(7-12-9-20-10-16-12)8-14(19)17-13-5-3-2-4-11(13)6-15/h2-5,9-10H,7-8H2,1H3,(H,17,19). The first kappa shape index (κ1) is 14.2. The van der Waals surface area contributed by atoms with Gasteiger partial charge in [0, 0.05) is 11.9 Å². The molecular weight excluding hydrogens is 272 g/mol. The van der Waals surface area contributed by atoms with Crippen molar-refractivity contribution in [1.82, 2.24) is 9.88 Å².